The summed E-state index contributed by atoms with van der Waals surface area (Å²) in [7, 11) is 5.21. The molecule has 2 rings (SSSR count). The number of hydrogen-bond acceptors (Lipinski definition) is 5. The Morgan fingerprint density at radius 3 is 2.76 bits per heavy atom. The van der Waals surface area contributed by atoms with E-state index in [1.165, 1.54) is 7.11 Å². The average Bonchev–Trinajstić information content (AvgIpc) is 2.45. The maximum absolute atomic E-state index is 12.5. The van der Waals surface area contributed by atoms with Gasteiger partial charge in [-0.15, -0.1) is 0 Å². The minimum absolute atomic E-state index is 0.146. The van der Waals surface area contributed by atoms with Crippen molar-refractivity contribution in [1.82, 2.24) is 14.5 Å². The smallest absolute Gasteiger partial charge is 0.339 e. The first-order valence-corrected chi connectivity index (χ1v) is 6.68. The van der Waals surface area contributed by atoms with Crippen molar-refractivity contribution in [3.8, 4) is 0 Å². The first kappa shape index (κ1) is 15.2. The van der Waals surface area contributed by atoms with Gasteiger partial charge in [0.25, 0.3) is 5.56 Å². The van der Waals surface area contributed by atoms with Crippen molar-refractivity contribution in [3.05, 3.63) is 39.9 Å². The molecule has 6 nitrogen and oxygen atoms in total. The molecular formula is C15H19N3O3. The first-order chi connectivity index (χ1) is 9.93. The van der Waals surface area contributed by atoms with Crippen LogP contribution in [0.4, 0.5) is 0 Å². The molecule has 112 valence electrons. The van der Waals surface area contributed by atoms with Gasteiger partial charge in [0.15, 0.2) is 0 Å². The van der Waals surface area contributed by atoms with Crippen LogP contribution >= 0.6 is 0 Å². The Morgan fingerprint density at radius 1 is 1.43 bits per heavy atom. The lowest BCUT2D eigenvalue weighted by Crippen LogP contribution is -2.26. The normalized spacial score (nSPS) is 11.1. The van der Waals surface area contributed by atoms with E-state index < -0.39 is 5.97 Å². The summed E-state index contributed by atoms with van der Waals surface area (Å²) in [5, 5.41) is 0.433. The lowest BCUT2D eigenvalue weighted by atomic mass is 10.1. The minimum atomic E-state index is -0.481. The Bertz CT molecular complexity index is 735. The van der Waals surface area contributed by atoms with Gasteiger partial charge in [-0.1, -0.05) is 0 Å². The second-order valence-electron chi connectivity index (χ2n) is 5.16. The Hall–Kier alpha value is -2.21. The highest BCUT2D eigenvalue weighted by Crippen LogP contribution is 2.14. The number of aryl methyl sites for hydroxylation is 1. The number of carbonyl (C=O) groups is 1. The average molecular weight is 289 g/mol. The van der Waals surface area contributed by atoms with E-state index in [-0.39, 0.29) is 5.56 Å². The molecule has 0 unspecified atom stereocenters. The number of carbonyl (C=O) groups excluding carboxylic acids is 1. The minimum Gasteiger partial charge on any atom is -0.465 e. The van der Waals surface area contributed by atoms with Gasteiger partial charge >= 0.3 is 5.97 Å². The first-order valence-electron chi connectivity index (χ1n) is 6.68. The van der Waals surface area contributed by atoms with Gasteiger partial charge in [-0.25, -0.2) is 4.79 Å². The summed E-state index contributed by atoms with van der Waals surface area (Å²) in [4.78, 5) is 30.5. The largest absolute Gasteiger partial charge is 0.465 e. The van der Waals surface area contributed by atoms with Crippen molar-refractivity contribution in [3.63, 3.8) is 0 Å². The number of hydrogen-bond donors (Lipinski definition) is 0. The van der Waals surface area contributed by atoms with Crippen LogP contribution in [0.25, 0.3) is 10.9 Å². The maximum Gasteiger partial charge on any atom is 0.339 e. The van der Waals surface area contributed by atoms with Crippen LogP contribution in [0.2, 0.25) is 0 Å². The van der Waals surface area contributed by atoms with E-state index in [1.54, 1.807) is 29.8 Å². The Morgan fingerprint density at radius 2 is 2.14 bits per heavy atom. The van der Waals surface area contributed by atoms with E-state index in [9.17, 15) is 9.59 Å². The monoisotopic (exact) mass is 289 g/mol. The third-order valence-electron chi connectivity index (χ3n) is 3.34. The zero-order valence-electron chi connectivity index (χ0n) is 12.7. The summed E-state index contributed by atoms with van der Waals surface area (Å²) in [6.07, 6.45) is 1.73. The van der Waals surface area contributed by atoms with Crippen molar-refractivity contribution in [2.45, 2.75) is 13.5 Å². The topological polar surface area (TPSA) is 64.4 Å². The highest BCUT2D eigenvalue weighted by Gasteiger charge is 2.14. The molecule has 6 heteroatoms. The number of likely N-dealkylation sites (N-methyl/N-ethyl adjacent to an activating group) is 1. The van der Waals surface area contributed by atoms with Gasteiger partial charge in [-0.2, -0.15) is 0 Å². The number of rotatable bonds is 4. The second kappa shape index (κ2) is 6.05. The zero-order valence-corrected chi connectivity index (χ0v) is 12.7. The third-order valence-corrected chi connectivity index (χ3v) is 3.34. The lowest BCUT2D eigenvalue weighted by Gasteiger charge is -2.12. The van der Waals surface area contributed by atoms with Crippen molar-refractivity contribution in [2.75, 3.05) is 27.7 Å². The van der Waals surface area contributed by atoms with Crippen molar-refractivity contribution in [1.29, 1.82) is 0 Å². The molecule has 0 fully saturated rings. The van der Waals surface area contributed by atoms with Gasteiger partial charge in [0.05, 0.1) is 29.3 Å². The molecule has 0 bridgehead atoms. The van der Waals surface area contributed by atoms with Crippen molar-refractivity contribution < 1.29 is 9.53 Å². The highest BCUT2D eigenvalue weighted by molar-refractivity contribution is 5.94. The SMILES string of the molecule is COC(=O)c1cc2c(=O)n(CCN(C)C)ccc2nc1C. The number of methoxy groups -OCH3 is 1. The number of nitrogens with zero attached hydrogens (tertiary/aromatic N) is 3. The van der Waals surface area contributed by atoms with Crippen LogP contribution in [0.15, 0.2) is 23.1 Å². The molecule has 0 spiro atoms. The molecule has 21 heavy (non-hydrogen) atoms. The molecular weight excluding hydrogens is 270 g/mol. The fraction of sp³-hybridized carbons (Fsp3) is 0.400. The van der Waals surface area contributed by atoms with Crippen LogP contribution in [0.1, 0.15) is 16.1 Å². The predicted molar refractivity (Wildman–Crippen MR) is 80.6 cm³/mol. The number of fused-ring (bicyclic) bond motifs is 1. The van der Waals surface area contributed by atoms with Crippen molar-refractivity contribution in [2.24, 2.45) is 0 Å². The van der Waals surface area contributed by atoms with Gasteiger partial charge in [0.2, 0.25) is 0 Å². The van der Waals surface area contributed by atoms with Crippen LogP contribution < -0.4 is 5.56 Å². The highest BCUT2D eigenvalue weighted by atomic mass is 16.5. The molecule has 0 radical (unpaired) electrons. The molecule has 0 aromatic carbocycles. The summed E-state index contributed by atoms with van der Waals surface area (Å²) in [6, 6.07) is 3.36. The molecule has 0 amide bonds. The fourth-order valence-electron chi connectivity index (χ4n) is 2.11. The molecule has 0 aliphatic heterocycles. The van der Waals surface area contributed by atoms with Crippen LogP contribution in [0, 0.1) is 6.92 Å². The Labute approximate surface area is 123 Å². The van der Waals surface area contributed by atoms with Gasteiger partial charge < -0.3 is 14.2 Å². The Kier molecular flexibility index (Phi) is 4.37. The number of aromatic nitrogens is 2. The van der Waals surface area contributed by atoms with E-state index in [0.717, 1.165) is 6.54 Å². The summed E-state index contributed by atoms with van der Waals surface area (Å²) in [6.45, 7) is 3.07. The standard InChI is InChI=1S/C15H19N3O3/c1-10-11(15(20)21-4)9-12-13(16-10)5-6-18(14(12)19)8-7-17(2)3/h5-6,9H,7-8H2,1-4H3. The second-order valence-corrected chi connectivity index (χ2v) is 5.16. The maximum atomic E-state index is 12.5. The van der Waals surface area contributed by atoms with E-state index in [1.807, 2.05) is 19.0 Å². The van der Waals surface area contributed by atoms with Gasteiger partial charge in [0, 0.05) is 19.3 Å². The van der Waals surface area contributed by atoms with Crippen LogP contribution in [0.5, 0.6) is 0 Å². The third kappa shape index (κ3) is 3.11. The van der Waals surface area contributed by atoms with Crippen LogP contribution in [-0.4, -0.2) is 48.2 Å². The van der Waals surface area contributed by atoms with E-state index in [2.05, 4.69) is 4.98 Å². The van der Waals surface area contributed by atoms with Crippen molar-refractivity contribution >= 4 is 16.9 Å². The molecule has 0 aliphatic rings. The van der Waals surface area contributed by atoms with Gasteiger partial charge in [-0.05, 0) is 33.2 Å². The lowest BCUT2D eigenvalue weighted by molar-refractivity contribution is 0.0599. The number of ether oxygens (including phenoxy) is 1. The molecule has 2 aromatic heterocycles. The van der Waals surface area contributed by atoms with E-state index in [0.29, 0.717) is 28.7 Å². The molecule has 2 heterocycles. The summed E-state index contributed by atoms with van der Waals surface area (Å²) >= 11 is 0. The van der Waals surface area contributed by atoms with Crippen LogP contribution in [-0.2, 0) is 11.3 Å². The Balaban J connectivity index is 2.55. The molecule has 0 saturated carbocycles. The molecule has 0 aliphatic carbocycles. The van der Waals surface area contributed by atoms with Gasteiger partial charge in [0.1, 0.15) is 0 Å². The number of pyridine rings is 2. The van der Waals surface area contributed by atoms with Gasteiger partial charge in [-0.3, -0.25) is 9.78 Å². The molecule has 0 N–H and O–H groups in total. The molecule has 0 atom stereocenters. The fourth-order valence-corrected chi connectivity index (χ4v) is 2.11. The quantitative estimate of drug-likeness (QED) is 0.787. The predicted octanol–water partition coefficient (Wildman–Crippen LogP) is 1.05. The zero-order chi connectivity index (χ0) is 15.6. The van der Waals surface area contributed by atoms with E-state index in [4.69, 9.17) is 4.74 Å². The molecule has 2 aromatic rings. The molecule has 0 saturated heterocycles. The number of esters is 1. The van der Waals surface area contributed by atoms with E-state index >= 15 is 0 Å². The summed E-state index contributed by atoms with van der Waals surface area (Å²) in [5.74, 6) is -0.481. The summed E-state index contributed by atoms with van der Waals surface area (Å²) in [5.41, 5.74) is 1.32. The summed E-state index contributed by atoms with van der Waals surface area (Å²) < 4.78 is 6.35. The van der Waals surface area contributed by atoms with Crippen LogP contribution in [0.3, 0.4) is 0 Å².